The minimum Gasteiger partial charge on any atom is -0.472 e. The van der Waals surface area contributed by atoms with Gasteiger partial charge in [-0.15, -0.1) is 0 Å². The fourth-order valence-electron chi connectivity index (χ4n) is 4.65. The Morgan fingerprint density at radius 2 is 1.94 bits per heavy atom. The Bertz CT molecular complexity index is 1030. The van der Waals surface area contributed by atoms with E-state index in [1.807, 2.05) is 0 Å². The summed E-state index contributed by atoms with van der Waals surface area (Å²) < 4.78 is 58.8. The molecule has 0 bridgehead atoms. The van der Waals surface area contributed by atoms with Gasteiger partial charge in [0.2, 0.25) is 11.8 Å². The van der Waals surface area contributed by atoms with Crippen molar-refractivity contribution in [1.29, 1.82) is 0 Å². The largest absolute Gasteiger partial charge is 0.472 e. The Balaban J connectivity index is 1.25. The SMILES string of the molecule is O=C1[C@@H]2C[C@H](Oc3cnc(C4CC4)cn3)CN2CCCN1Cc1ccc(F)c(C(F)(F)F)c1. The average Bonchev–Trinajstić information content (AvgIpc) is 3.56. The topological polar surface area (TPSA) is 58.6 Å². The second-order valence-corrected chi connectivity index (χ2v) is 8.97. The van der Waals surface area contributed by atoms with Gasteiger partial charge in [0.1, 0.15) is 11.9 Å². The molecule has 3 aliphatic rings. The molecule has 33 heavy (non-hydrogen) atoms. The van der Waals surface area contributed by atoms with Crippen molar-refractivity contribution in [3.63, 3.8) is 0 Å². The highest BCUT2D eigenvalue weighted by molar-refractivity contribution is 5.82. The van der Waals surface area contributed by atoms with Gasteiger partial charge in [0.05, 0.1) is 29.7 Å². The van der Waals surface area contributed by atoms with Crippen LogP contribution < -0.4 is 4.74 Å². The van der Waals surface area contributed by atoms with Gasteiger partial charge in [0.15, 0.2) is 0 Å². The minimum atomic E-state index is -4.78. The van der Waals surface area contributed by atoms with Gasteiger partial charge in [-0.25, -0.2) is 9.37 Å². The highest BCUT2D eigenvalue weighted by atomic mass is 19.4. The summed E-state index contributed by atoms with van der Waals surface area (Å²) >= 11 is 0. The van der Waals surface area contributed by atoms with Crippen molar-refractivity contribution >= 4 is 5.91 Å². The molecule has 1 aliphatic carbocycles. The second kappa shape index (κ2) is 8.55. The zero-order chi connectivity index (χ0) is 23.2. The van der Waals surface area contributed by atoms with E-state index in [0.717, 1.165) is 30.7 Å². The number of ether oxygens (including phenoxy) is 1. The van der Waals surface area contributed by atoms with E-state index in [2.05, 4.69) is 14.9 Å². The monoisotopic (exact) mass is 464 g/mol. The van der Waals surface area contributed by atoms with Crippen molar-refractivity contribution in [3.05, 3.63) is 53.2 Å². The van der Waals surface area contributed by atoms with Crippen LogP contribution in [0.1, 0.15) is 48.4 Å². The Kier molecular flexibility index (Phi) is 5.72. The van der Waals surface area contributed by atoms with E-state index in [-0.39, 0.29) is 24.1 Å². The molecule has 2 aromatic rings. The summed E-state index contributed by atoms with van der Waals surface area (Å²) in [5, 5.41) is 0. The number of hydrogen-bond donors (Lipinski definition) is 0. The van der Waals surface area contributed by atoms with Gasteiger partial charge in [0, 0.05) is 38.5 Å². The third-order valence-electron chi connectivity index (χ3n) is 6.48. The maximum Gasteiger partial charge on any atom is 0.419 e. The fourth-order valence-corrected chi connectivity index (χ4v) is 4.65. The van der Waals surface area contributed by atoms with Crippen LogP contribution in [0.25, 0.3) is 0 Å². The zero-order valence-electron chi connectivity index (χ0n) is 17.9. The molecule has 1 amide bonds. The molecule has 2 aliphatic heterocycles. The van der Waals surface area contributed by atoms with Crippen LogP contribution in [-0.4, -0.2) is 57.5 Å². The number of fused-ring (bicyclic) bond motifs is 1. The summed E-state index contributed by atoms with van der Waals surface area (Å²) in [6, 6.07) is 2.49. The third kappa shape index (κ3) is 4.80. The molecule has 0 radical (unpaired) electrons. The van der Waals surface area contributed by atoms with E-state index in [0.29, 0.717) is 44.3 Å². The summed E-state index contributed by atoms with van der Waals surface area (Å²) in [4.78, 5) is 25.6. The van der Waals surface area contributed by atoms with E-state index < -0.39 is 23.6 Å². The van der Waals surface area contributed by atoms with Crippen LogP contribution in [0.4, 0.5) is 17.6 Å². The molecular formula is C23H24F4N4O2. The number of benzene rings is 1. The predicted octanol–water partition coefficient (Wildman–Crippen LogP) is 3.77. The van der Waals surface area contributed by atoms with Gasteiger partial charge in [-0.3, -0.25) is 14.7 Å². The first-order valence-electron chi connectivity index (χ1n) is 11.1. The Hall–Kier alpha value is -2.75. The zero-order valence-corrected chi connectivity index (χ0v) is 17.9. The smallest absolute Gasteiger partial charge is 0.419 e. The summed E-state index contributed by atoms with van der Waals surface area (Å²) in [5.74, 6) is -0.527. The van der Waals surface area contributed by atoms with Gasteiger partial charge >= 0.3 is 6.18 Å². The van der Waals surface area contributed by atoms with E-state index in [4.69, 9.17) is 4.74 Å². The molecule has 1 saturated carbocycles. The normalized spacial score (nSPS) is 24.0. The van der Waals surface area contributed by atoms with Gasteiger partial charge in [0.25, 0.3) is 0 Å². The molecule has 0 N–H and O–H groups in total. The number of carbonyl (C=O) groups excluding carboxylic acids is 1. The molecule has 10 heteroatoms. The Morgan fingerprint density at radius 3 is 2.64 bits per heavy atom. The summed E-state index contributed by atoms with van der Waals surface area (Å²) in [7, 11) is 0. The lowest BCUT2D eigenvalue weighted by molar-refractivity contribution is -0.140. The van der Waals surface area contributed by atoms with E-state index in [1.54, 1.807) is 17.3 Å². The van der Waals surface area contributed by atoms with Crippen LogP contribution >= 0.6 is 0 Å². The van der Waals surface area contributed by atoms with Gasteiger partial charge < -0.3 is 9.64 Å². The number of amides is 1. The van der Waals surface area contributed by atoms with Crippen LogP contribution in [0.3, 0.4) is 0 Å². The summed E-state index contributed by atoms with van der Waals surface area (Å²) in [6.07, 6.45) is 1.81. The molecule has 1 aromatic heterocycles. The van der Waals surface area contributed by atoms with Crippen molar-refractivity contribution in [2.24, 2.45) is 0 Å². The second-order valence-electron chi connectivity index (χ2n) is 8.97. The number of hydrogen-bond acceptors (Lipinski definition) is 5. The molecule has 1 aromatic carbocycles. The maximum atomic E-state index is 13.6. The summed E-state index contributed by atoms with van der Waals surface area (Å²) in [6.45, 7) is 1.71. The van der Waals surface area contributed by atoms with Crippen LogP contribution in [0.15, 0.2) is 30.6 Å². The van der Waals surface area contributed by atoms with Gasteiger partial charge in [-0.1, -0.05) is 6.07 Å². The van der Waals surface area contributed by atoms with Gasteiger partial charge in [-0.05, 0) is 37.0 Å². The van der Waals surface area contributed by atoms with E-state index >= 15 is 0 Å². The Morgan fingerprint density at radius 1 is 1.12 bits per heavy atom. The molecule has 3 heterocycles. The van der Waals surface area contributed by atoms with E-state index in [9.17, 15) is 22.4 Å². The molecule has 2 saturated heterocycles. The Labute approximate surface area is 188 Å². The molecule has 176 valence electrons. The number of rotatable bonds is 5. The standard InChI is InChI=1S/C23H24F4N4O2/c24-18-5-2-14(8-17(18)23(25,26)27)12-31-7-1-6-30-13-16(9-20(30)22(31)32)33-21-11-28-19(10-29-21)15-3-4-15/h2,5,8,10-11,15-16,20H,1,3-4,6-7,9,12-13H2/t16-,20-/m0/s1. The van der Waals surface area contributed by atoms with Crippen molar-refractivity contribution in [3.8, 4) is 5.88 Å². The number of nitrogens with zero attached hydrogens (tertiary/aromatic N) is 4. The molecule has 6 nitrogen and oxygen atoms in total. The van der Waals surface area contributed by atoms with E-state index in [1.165, 1.54) is 6.07 Å². The first-order valence-corrected chi connectivity index (χ1v) is 11.1. The third-order valence-corrected chi connectivity index (χ3v) is 6.48. The fraction of sp³-hybridized carbons (Fsp3) is 0.522. The number of aromatic nitrogens is 2. The maximum absolute atomic E-state index is 13.6. The minimum absolute atomic E-state index is 0.00611. The van der Waals surface area contributed by atoms with Crippen molar-refractivity contribution in [2.45, 2.75) is 56.5 Å². The molecule has 0 spiro atoms. The van der Waals surface area contributed by atoms with Crippen molar-refractivity contribution in [2.75, 3.05) is 19.6 Å². The van der Waals surface area contributed by atoms with Crippen molar-refractivity contribution in [1.82, 2.24) is 19.8 Å². The van der Waals surface area contributed by atoms with Crippen LogP contribution in [0, 0.1) is 5.82 Å². The van der Waals surface area contributed by atoms with Crippen LogP contribution in [0.5, 0.6) is 5.88 Å². The molecule has 2 atom stereocenters. The predicted molar refractivity (Wildman–Crippen MR) is 110 cm³/mol. The lowest BCUT2D eigenvalue weighted by atomic mass is 10.1. The van der Waals surface area contributed by atoms with Gasteiger partial charge in [-0.2, -0.15) is 13.2 Å². The average molecular weight is 464 g/mol. The lowest BCUT2D eigenvalue weighted by Crippen LogP contribution is -2.42. The molecule has 3 fully saturated rings. The number of alkyl halides is 3. The quantitative estimate of drug-likeness (QED) is 0.631. The first kappa shape index (κ1) is 22.1. The summed E-state index contributed by atoms with van der Waals surface area (Å²) in [5.41, 5.74) is -0.0858. The molecule has 5 rings (SSSR count). The van der Waals surface area contributed by atoms with Crippen LogP contribution in [0.2, 0.25) is 0 Å². The van der Waals surface area contributed by atoms with Crippen LogP contribution in [-0.2, 0) is 17.5 Å². The molecular weight excluding hydrogens is 440 g/mol. The number of halogens is 4. The first-order chi connectivity index (χ1) is 15.8. The van der Waals surface area contributed by atoms with Crippen molar-refractivity contribution < 1.29 is 27.1 Å². The molecule has 0 unspecified atom stereocenters. The highest BCUT2D eigenvalue weighted by Gasteiger charge is 2.42. The lowest BCUT2D eigenvalue weighted by Gasteiger charge is -2.25. The number of carbonyl (C=O) groups is 1. The highest BCUT2D eigenvalue weighted by Crippen LogP contribution is 2.38.